The predicted octanol–water partition coefficient (Wildman–Crippen LogP) is 5.89. The first-order valence-electron chi connectivity index (χ1n) is 11.5. The number of carbonyl (C=O) groups is 1. The van der Waals surface area contributed by atoms with Crippen LogP contribution in [-0.2, 0) is 0 Å². The first-order valence-corrected chi connectivity index (χ1v) is 11.5. The molecule has 1 heterocycles. The molecule has 0 atom stereocenters. The fourth-order valence-corrected chi connectivity index (χ4v) is 4.18. The Morgan fingerprint density at radius 1 is 0.879 bits per heavy atom. The molecule has 0 bridgehead atoms. The average molecular weight is 442 g/mol. The lowest BCUT2D eigenvalue weighted by Crippen LogP contribution is -2.26. The predicted molar refractivity (Wildman–Crippen MR) is 136 cm³/mol. The van der Waals surface area contributed by atoms with Crippen molar-refractivity contribution in [1.29, 1.82) is 0 Å². The Labute approximate surface area is 195 Å². The number of rotatable bonds is 7. The Hall–Kier alpha value is -3.57. The number of ether oxygens (including phenoxy) is 1. The summed E-state index contributed by atoms with van der Waals surface area (Å²) in [4.78, 5) is 13.0. The monoisotopic (exact) mass is 441 g/mol. The minimum Gasteiger partial charge on any atom is -0.497 e. The van der Waals surface area contributed by atoms with Crippen molar-refractivity contribution < 1.29 is 9.53 Å². The van der Waals surface area contributed by atoms with Gasteiger partial charge in [0, 0.05) is 11.3 Å². The van der Waals surface area contributed by atoms with Crippen molar-refractivity contribution >= 4 is 23.0 Å². The number of benzene rings is 3. The molecule has 1 saturated heterocycles. The van der Waals surface area contributed by atoms with E-state index >= 15 is 0 Å². The first kappa shape index (κ1) is 22.6. The Bertz CT molecular complexity index is 1100. The van der Waals surface area contributed by atoms with Gasteiger partial charge in [-0.15, -0.1) is 0 Å². The lowest BCUT2D eigenvalue weighted by molar-refractivity contribution is 0.102. The summed E-state index contributed by atoms with van der Waals surface area (Å²) in [7, 11) is 1.66. The van der Waals surface area contributed by atoms with E-state index in [-0.39, 0.29) is 5.91 Å². The SMILES string of the molecule is C/C=C(/Nc1ccccc1NC(=O)c1ccc(C2CCNCC2)cc1)c1ccc(OC)cc1. The summed E-state index contributed by atoms with van der Waals surface area (Å²) in [6.45, 7) is 4.10. The van der Waals surface area contributed by atoms with Crippen LogP contribution < -0.4 is 20.7 Å². The summed E-state index contributed by atoms with van der Waals surface area (Å²) in [6, 6.07) is 23.7. The van der Waals surface area contributed by atoms with Gasteiger partial charge in [0.2, 0.25) is 0 Å². The van der Waals surface area contributed by atoms with Crippen LogP contribution in [0.1, 0.15) is 47.2 Å². The second-order valence-corrected chi connectivity index (χ2v) is 8.20. The number of hydrogen-bond acceptors (Lipinski definition) is 4. The quantitative estimate of drug-likeness (QED) is 0.428. The maximum atomic E-state index is 13.0. The molecule has 5 heteroatoms. The number of nitrogens with one attached hydrogen (secondary N) is 3. The molecule has 0 aromatic heterocycles. The van der Waals surface area contributed by atoms with Gasteiger partial charge in [-0.3, -0.25) is 4.79 Å². The van der Waals surface area contributed by atoms with E-state index in [1.165, 1.54) is 5.56 Å². The molecule has 0 unspecified atom stereocenters. The van der Waals surface area contributed by atoms with E-state index in [2.05, 4.69) is 28.1 Å². The van der Waals surface area contributed by atoms with Gasteiger partial charge in [0.25, 0.3) is 5.91 Å². The number of anilines is 2. The van der Waals surface area contributed by atoms with Crippen LogP contribution in [0.4, 0.5) is 11.4 Å². The third-order valence-corrected chi connectivity index (χ3v) is 6.12. The molecular weight excluding hydrogens is 410 g/mol. The van der Waals surface area contributed by atoms with Crippen molar-refractivity contribution in [3.05, 3.63) is 95.6 Å². The van der Waals surface area contributed by atoms with Crippen molar-refractivity contribution in [1.82, 2.24) is 5.32 Å². The average Bonchev–Trinajstić information content (AvgIpc) is 2.89. The zero-order valence-corrected chi connectivity index (χ0v) is 19.2. The zero-order chi connectivity index (χ0) is 23.0. The van der Waals surface area contributed by atoms with Crippen LogP contribution in [0.5, 0.6) is 5.75 Å². The van der Waals surface area contributed by atoms with E-state index in [1.54, 1.807) is 7.11 Å². The standard InChI is InChI=1S/C28H31N3O2/c1-3-25(22-12-14-24(33-2)15-13-22)30-26-6-4-5-7-27(26)31-28(32)23-10-8-20(9-11-23)21-16-18-29-19-17-21/h3-15,21,29-30H,16-19H2,1-2H3,(H,31,32)/b25-3+. The van der Waals surface area contributed by atoms with E-state index in [0.29, 0.717) is 11.5 Å². The van der Waals surface area contributed by atoms with Crippen LogP contribution in [0.15, 0.2) is 78.9 Å². The highest BCUT2D eigenvalue weighted by atomic mass is 16.5. The molecule has 0 aliphatic carbocycles. The molecule has 1 aliphatic heterocycles. The zero-order valence-electron chi connectivity index (χ0n) is 19.2. The number of methoxy groups -OCH3 is 1. The van der Waals surface area contributed by atoms with Gasteiger partial charge < -0.3 is 20.7 Å². The van der Waals surface area contributed by atoms with E-state index in [4.69, 9.17) is 4.74 Å². The summed E-state index contributed by atoms with van der Waals surface area (Å²) in [6.07, 6.45) is 4.30. The summed E-state index contributed by atoms with van der Waals surface area (Å²) < 4.78 is 5.26. The van der Waals surface area contributed by atoms with E-state index in [9.17, 15) is 4.79 Å². The van der Waals surface area contributed by atoms with Crippen LogP contribution >= 0.6 is 0 Å². The second-order valence-electron chi connectivity index (χ2n) is 8.20. The minimum absolute atomic E-state index is 0.118. The third-order valence-electron chi connectivity index (χ3n) is 6.12. The highest BCUT2D eigenvalue weighted by Crippen LogP contribution is 2.28. The smallest absolute Gasteiger partial charge is 0.255 e. The highest BCUT2D eigenvalue weighted by Gasteiger charge is 2.16. The van der Waals surface area contributed by atoms with Crippen molar-refractivity contribution in [2.45, 2.75) is 25.7 Å². The Morgan fingerprint density at radius 3 is 2.09 bits per heavy atom. The number of allylic oxidation sites excluding steroid dienone is 1. The molecule has 1 aliphatic rings. The van der Waals surface area contributed by atoms with Gasteiger partial charge in [-0.05, 0) is 98.4 Å². The molecule has 3 aromatic rings. The number of hydrogen-bond donors (Lipinski definition) is 3. The molecule has 33 heavy (non-hydrogen) atoms. The van der Waals surface area contributed by atoms with Crippen LogP contribution in [0.3, 0.4) is 0 Å². The van der Waals surface area contributed by atoms with Crippen LogP contribution in [0, 0.1) is 0 Å². The largest absolute Gasteiger partial charge is 0.497 e. The number of piperidine rings is 1. The van der Waals surface area contributed by atoms with Gasteiger partial charge in [-0.2, -0.15) is 0 Å². The first-order chi connectivity index (χ1) is 16.2. The summed E-state index contributed by atoms with van der Waals surface area (Å²) in [5, 5.41) is 9.93. The van der Waals surface area contributed by atoms with E-state index < -0.39 is 0 Å². The number of para-hydroxylation sites is 2. The van der Waals surface area contributed by atoms with Crippen molar-refractivity contribution in [2.75, 3.05) is 30.8 Å². The van der Waals surface area contributed by atoms with Gasteiger partial charge >= 0.3 is 0 Å². The normalized spacial score (nSPS) is 14.5. The van der Waals surface area contributed by atoms with Crippen LogP contribution in [0.2, 0.25) is 0 Å². The lowest BCUT2D eigenvalue weighted by atomic mass is 9.90. The van der Waals surface area contributed by atoms with E-state index in [1.807, 2.05) is 73.7 Å². The van der Waals surface area contributed by atoms with Gasteiger partial charge in [-0.1, -0.05) is 30.3 Å². The number of amides is 1. The van der Waals surface area contributed by atoms with E-state index in [0.717, 1.165) is 54.3 Å². The fraction of sp³-hybridized carbons (Fsp3) is 0.250. The second kappa shape index (κ2) is 10.8. The lowest BCUT2D eigenvalue weighted by Gasteiger charge is -2.23. The molecule has 0 saturated carbocycles. The highest BCUT2D eigenvalue weighted by molar-refractivity contribution is 6.06. The maximum Gasteiger partial charge on any atom is 0.255 e. The van der Waals surface area contributed by atoms with Crippen molar-refractivity contribution in [2.24, 2.45) is 0 Å². The van der Waals surface area contributed by atoms with Crippen LogP contribution in [-0.4, -0.2) is 26.1 Å². The molecule has 5 nitrogen and oxygen atoms in total. The molecular formula is C28H31N3O2. The summed E-state index contributed by atoms with van der Waals surface area (Å²) >= 11 is 0. The summed E-state index contributed by atoms with van der Waals surface area (Å²) in [5.74, 6) is 1.27. The molecule has 3 N–H and O–H groups in total. The molecule has 1 amide bonds. The molecule has 0 radical (unpaired) electrons. The third kappa shape index (κ3) is 5.62. The number of carbonyl (C=O) groups excluding carboxylic acids is 1. The molecule has 3 aromatic carbocycles. The molecule has 4 rings (SSSR count). The molecule has 170 valence electrons. The Balaban J connectivity index is 1.47. The fourth-order valence-electron chi connectivity index (χ4n) is 4.18. The minimum atomic E-state index is -0.118. The maximum absolute atomic E-state index is 13.0. The molecule has 0 spiro atoms. The summed E-state index contributed by atoms with van der Waals surface area (Å²) in [5.41, 5.74) is 5.52. The van der Waals surface area contributed by atoms with Crippen molar-refractivity contribution in [3.63, 3.8) is 0 Å². The van der Waals surface area contributed by atoms with Gasteiger partial charge in [0.05, 0.1) is 18.5 Å². The van der Waals surface area contributed by atoms with Gasteiger partial charge in [-0.25, -0.2) is 0 Å². The van der Waals surface area contributed by atoms with Crippen LogP contribution in [0.25, 0.3) is 5.70 Å². The molecule has 1 fully saturated rings. The Morgan fingerprint density at radius 2 is 1.48 bits per heavy atom. The van der Waals surface area contributed by atoms with Gasteiger partial charge in [0.15, 0.2) is 0 Å². The topological polar surface area (TPSA) is 62.4 Å². The van der Waals surface area contributed by atoms with Crippen molar-refractivity contribution in [3.8, 4) is 5.75 Å². The van der Waals surface area contributed by atoms with Gasteiger partial charge in [0.1, 0.15) is 5.75 Å². The Kier molecular flexibility index (Phi) is 7.43.